The van der Waals surface area contributed by atoms with Crippen LogP contribution in [0.1, 0.15) is 32.4 Å². The smallest absolute Gasteiger partial charge is 0.148 e. The third kappa shape index (κ3) is 2.29. The van der Waals surface area contributed by atoms with E-state index in [9.17, 15) is 0 Å². The largest absolute Gasteiger partial charge is 0.368 e. The molecule has 1 aromatic carbocycles. The van der Waals surface area contributed by atoms with Gasteiger partial charge in [-0.15, -0.1) is 0 Å². The quantitative estimate of drug-likeness (QED) is 0.903. The summed E-state index contributed by atoms with van der Waals surface area (Å²) in [7, 11) is 0. The van der Waals surface area contributed by atoms with Crippen LogP contribution in [0.3, 0.4) is 0 Å². The molecule has 0 aliphatic heterocycles. The Balaban J connectivity index is 1.83. The van der Waals surface area contributed by atoms with Crippen molar-refractivity contribution >= 4 is 16.9 Å². The van der Waals surface area contributed by atoms with Crippen molar-refractivity contribution in [2.24, 2.45) is 11.3 Å². The van der Waals surface area contributed by atoms with Gasteiger partial charge in [-0.3, -0.25) is 0 Å². The van der Waals surface area contributed by atoms with Crippen LogP contribution in [0.2, 0.25) is 0 Å². The van der Waals surface area contributed by atoms with Gasteiger partial charge in [-0.1, -0.05) is 26.0 Å². The van der Waals surface area contributed by atoms with E-state index < -0.39 is 0 Å². The second-order valence-electron chi connectivity index (χ2n) is 6.02. The maximum absolute atomic E-state index is 4.69. The fourth-order valence-corrected chi connectivity index (χ4v) is 2.63. The van der Waals surface area contributed by atoms with E-state index in [1.807, 2.05) is 31.2 Å². The molecular weight excluding hydrogens is 234 g/mol. The van der Waals surface area contributed by atoms with Crippen LogP contribution in [-0.4, -0.2) is 16.5 Å². The Morgan fingerprint density at radius 1 is 1.16 bits per heavy atom. The summed E-state index contributed by atoms with van der Waals surface area (Å²) in [5.74, 6) is 1.67. The van der Waals surface area contributed by atoms with E-state index in [2.05, 4.69) is 24.1 Å². The second kappa shape index (κ2) is 4.48. The maximum atomic E-state index is 4.69. The molecule has 3 heteroatoms. The van der Waals surface area contributed by atoms with Crippen molar-refractivity contribution in [1.82, 2.24) is 9.97 Å². The molecule has 0 spiro atoms. The highest BCUT2D eigenvalue weighted by atomic mass is 15.0. The van der Waals surface area contributed by atoms with Gasteiger partial charge in [-0.25, -0.2) is 9.97 Å². The van der Waals surface area contributed by atoms with Crippen LogP contribution >= 0.6 is 0 Å². The molecule has 0 amide bonds. The molecule has 0 unspecified atom stereocenters. The molecule has 1 N–H and O–H groups in total. The summed E-state index contributed by atoms with van der Waals surface area (Å²) in [6.07, 6.45) is 2.66. The summed E-state index contributed by atoms with van der Waals surface area (Å²) >= 11 is 0. The van der Waals surface area contributed by atoms with Crippen LogP contribution in [0.25, 0.3) is 11.0 Å². The molecule has 0 atom stereocenters. The number of nitrogens with one attached hydrogen (secondary N) is 1. The second-order valence-corrected chi connectivity index (χ2v) is 6.02. The topological polar surface area (TPSA) is 37.8 Å². The van der Waals surface area contributed by atoms with Gasteiger partial charge >= 0.3 is 0 Å². The molecule has 1 fully saturated rings. The molecule has 1 heterocycles. The zero-order valence-corrected chi connectivity index (χ0v) is 11.9. The molecule has 19 heavy (non-hydrogen) atoms. The SMILES string of the molecule is Cc1nc2ccccc2nc1NCC1(C(C)C)CC1. The highest BCUT2D eigenvalue weighted by Crippen LogP contribution is 2.51. The first-order valence-corrected chi connectivity index (χ1v) is 7.08. The van der Waals surface area contributed by atoms with Gasteiger partial charge in [0, 0.05) is 6.54 Å². The highest BCUT2D eigenvalue weighted by molar-refractivity contribution is 5.76. The van der Waals surface area contributed by atoms with Crippen molar-refractivity contribution < 1.29 is 0 Å². The predicted octanol–water partition coefficient (Wildman–Crippen LogP) is 3.79. The molecule has 0 bridgehead atoms. The van der Waals surface area contributed by atoms with Gasteiger partial charge in [0.2, 0.25) is 0 Å². The van der Waals surface area contributed by atoms with Gasteiger partial charge in [-0.2, -0.15) is 0 Å². The van der Waals surface area contributed by atoms with Crippen molar-refractivity contribution in [3.05, 3.63) is 30.0 Å². The summed E-state index contributed by atoms with van der Waals surface area (Å²) in [6.45, 7) is 7.66. The number of aryl methyl sites for hydroxylation is 1. The highest BCUT2D eigenvalue weighted by Gasteiger charge is 2.45. The molecule has 3 nitrogen and oxygen atoms in total. The Morgan fingerprint density at radius 3 is 2.37 bits per heavy atom. The fraction of sp³-hybridized carbons (Fsp3) is 0.500. The monoisotopic (exact) mass is 255 g/mol. The first-order chi connectivity index (χ1) is 9.11. The molecule has 100 valence electrons. The number of para-hydroxylation sites is 2. The van der Waals surface area contributed by atoms with E-state index in [4.69, 9.17) is 4.98 Å². The van der Waals surface area contributed by atoms with E-state index in [0.29, 0.717) is 5.41 Å². The molecule has 1 aliphatic rings. The Morgan fingerprint density at radius 2 is 1.79 bits per heavy atom. The number of benzene rings is 1. The average molecular weight is 255 g/mol. The van der Waals surface area contributed by atoms with E-state index in [1.54, 1.807) is 0 Å². The van der Waals surface area contributed by atoms with Gasteiger partial charge in [0.05, 0.1) is 16.7 Å². The summed E-state index contributed by atoms with van der Waals surface area (Å²) in [6, 6.07) is 8.03. The van der Waals surface area contributed by atoms with Gasteiger partial charge in [-0.05, 0) is 43.2 Å². The molecule has 3 rings (SSSR count). The lowest BCUT2D eigenvalue weighted by Crippen LogP contribution is -2.21. The van der Waals surface area contributed by atoms with Crippen LogP contribution in [0.15, 0.2) is 24.3 Å². The molecular formula is C16H21N3. The average Bonchev–Trinajstić information content (AvgIpc) is 3.17. The van der Waals surface area contributed by atoms with Gasteiger partial charge in [0.1, 0.15) is 5.82 Å². The Bertz CT molecular complexity index is 600. The van der Waals surface area contributed by atoms with Crippen molar-refractivity contribution in [2.45, 2.75) is 33.6 Å². The van der Waals surface area contributed by atoms with Crippen LogP contribution in [0, 0.1) is 18.3 Å². The Hall–Kier alpha value is -1.64. The molecule has 1 aromatic heterocycles. The molecule has 1 aliphatic carbocycles. The number of hydrogen-bond donors (Lipinski definition) is 1. The lowest BCUT2D eigenvalue weighted by atomic mass is 9.92. The van der Waals surface area contributed by atoms with Crippen molar-refractivity contribution in [1.29, 1.82) is 0 Å². The third-order valence-electron chi connectivity index (χ3n) is 4.47. The number of hydrogen-bond acceptors (Lipinski definition) is 3. The summed E-state index contributed by atoms with van der Waals surface area (Å²) in [5.41, 5.74) is 3.40. The lowest BCUT2D eigenvalue weighted by Gasteiger charge is -2.21. The van der Waals surface area contributed by atoms with Crippen LogP contribution in [-0.2, 0) is 0 Å². The first kappa shape index (κ1) is 12.4. The number of rotatable bonds is 4. The minimum absolute atomic E-state index is 0.486. The zero-order valence-electron chi connectivity index (χ0n) is 11.9. The fourth-order valence-electron chi connectivity index (χ4n) is 2.63. The van der Waals surface area contributed by atoms with Crippen molar-refractivity contribution in [3.8, 4) is 0 Å². The van der Waals surface area contributed by atoms with Crippen molar-refractivity contribution in [3.63, 3.8) is 0 Å². The minimum Gasteiger partial charge on any atom is -0.368 e. The molecule has 1 saturated carbocycles. The zero-order chi connectivity index (χ0) is 13.5. The van der Waals surface area contributed by atoms with Gasteiger partial charge in [0.25, 0.3) is 0 Å². The van der Waals surface area contributed by atoms with Gasteiger partial charge in [0.15, 0.2) is 0 Å². The van der Waals surface area contributed by atoms with Crippen molar-refractivity contribution in [2.75, 3.05) is 11.9 Å². The normalized spacial score (nSPS) is 16.8. The summed E-state index contributed by atoms with van der Waals surface area (Å²) in [4.78, 5) is 9.31. The number of fused-ring (bicyclic) bond motifs is 1. The van der Waals surface area contributed by atoms with E-state index in [-0.39, 0.29) is 0 Å². The number of aromatic nitrogens is 2. The lowest BCUT2D eigenvalue weighted by molar-refractivity contribution is 0.380. The number of nitrogens with zero attached hydrogens (tertiary/aromatic N) is 2. The van der Waals surface area contributed by atoms with E-state index in [1.165, 1.54) is 12.8 Å². The first-order valence-electron chi connectivity index (χ1n) is 7.08. The number of anilines is 1. The minimum atomic E-state index is 0.486. The van der Waals surface area contributed by atoms with E-state index >= 15 is 0 Å². The van der Waals surface area contributed by atoms with Crippen LogP contribution < -0.4 is 5.32 Å². The predicted molar refractivity (Wildman–Crippen MR) is 79.3 cm³/mol. The molecule has 0 saturated heterocycles. The van der Waals surface area contributed by atoms with Crippen LogP contribution in [0.4, 0.5) is 5.82 Å². The van der Waals surface area contributed by atoms with Crippen LogP contribution in [0.5, 0.6) is 0 Å². The Kier molecular flexibility index (Phi) is 2.92. The molecule has 2 aromatic rings. The summed E-state index contributed by atoms with van der Waals surface area (Å²) in [5, 5.41) is 3.52. The van der Waals surface area contributed by atoms with E-state index in [0.717, 1.165) is 35.0 Å². The maximum Gasteiger partial charge on any atom is 0.148 e. The standard InChI is InChI=1S/C16H21N3/c1-11(2)16(8-9-16)10-17-15-12(3)18-13-6-4-5-7-14(13)19-15/h4-7,11H,8-10H2,1-3H3,(H,17,19). The third-order valence-corrected chi connectivity index (χ3v) is 4.47. The molecule has 0 radical (unpaired) electrons. The van der Waals surface area contributed by atoms with Gasteiger partial charge < -0.3 is 5.32 Å². The Labute approximate surface area is 114 Å². The summed E-state index contributed by atoms with van der Waals surface area (Å²) < 4.78 is 0.